The fraction of sp³-hybridized carbons (Fsp3) is 0.133. The van der Waals surface area contributed by atoms with E-state index in [9.17, 15) is 25.0 Å². The number of ether oxygens (including phenoxy) is 1. The van der Waals surface area contributed by atoms with Gasteiger partial charge >= 0.3 is 5.97 Å². The van der Waals surface area contributed by atoms with Crippen molar-refractivity contribution in [2.24, 2.45) is 0 Å². The Kier molecular flexibility index (Phi) is 5.05. The quantitative estimate of drug-likeness (QED) is 0.500. The highest BCUT2D eigenvalue weighted by Gasteiger charge is 2.26. The third-order valence-electron chi connectivity index (χ3n) is 3.22. The van der Waals surface area contributed by atoms with Crippen molar-refractivity contribution in [2.75, 3.05) is 12.4 Å². The van der Waals surface area contributed by atoms with Gasteiger partial charge in [-0.1, -0.05) is 11.6 Å². The Morgan fingerprint density at radius 1 is 1.44 bits per heavy atom. The number of nitro groups is 1. The number of nitro benzene ring substituents is 1. The van der Waals surface area contributed by atoms with Crippen LogP contribution >= 0.6 is 11.6 Å². The predicted octanol–water partition coefficient (Wildman–Crippen LogP) is 3.06. The lowest BCUT2D eigenvalue weighted by Gasteiger charge is -2.05. The van der Waals surface area contributed by atoms with Crippen molar-refractivity contribution in [3.05, 3.63) is 55.8 Å². The second-order valence-corrected chi connectivity index (χ2v) is 5.12. The van der Waals surface area contributed by atoms with Gasteiger partial charge in [0.1, 0.15) is 23.0 Å². The number of esters is 1. The molecule has 0 saturated carbocycles. The molecular formula is C15H10ClN3O6. The maximum Gasteiger partial charge on any atom is 0.342 e. The number of amides is 1. The second kappa shape index (κ2) is 7.02. The zero-order valence-corrected chi connectivity index (χ0v) is 13.7. The SMILES string of the molecule is COC(=O)c1c(C)oc(NC(=O)c2cc([N+](=O)[O-])ccc2Cl)c1C#N. The van der Waals surface area contributed by atoms with E-state index in [-0.39, 0.29) is 39.0 Å². The standard InChI is InChI=1S/C15H10ClN3O6/c1-7-12(15(21)24-2)10(6-17)14(25-7)18-13(20)9-5-8(19(22)23)3-4-11(9)16/h3-5H,1-2H3,(H,18,20). The molecule has 1 aromatic heterocycles. The number of carbonyl (C=O) groups excluding carboxylic acids is 2. The summed E-state index contributed by atoms with van der Waals surface area (Å²) in [6.07, 6.45) is 0. The monoisotopic (exact) mass is 363 g/mol. The van der Waals surface area contributed by atoms with E-state index < -0.39 is 16.8 Å². The first-order chi connectivity index (χ1) is 11.8. The number of halogens is 1. The summed E-state index contributed by atoms with van der Waals surface area (Å²) >= 11 is 5.89. The first-order valence-electron chi connectivity index (χ1n) is 6.67. The first-order valence-corrected chi connectivity index (χ1v) is 7.05. The van der Waals surface area contributed by atoms with E-state index in [4.69, 9.17) is 16.0 Å². The number of carbonyl (C=O) groups is 2. The number of rotatable bonds is 4. The van der Waals surface area contributed by atoms with Crippen LogP contribution < -0.4 is 5.32 Å². The normalized spacial score (nSPS) is 10.0. The van der Waals surface area contributed by atoms with E-state index in [0.29, 0.717) is 0 Å². The molecule has 0 aliphatic heterocycles. The van der Waals surface area contributed by atoms with Gasteiger partial charge in [-0.25, -0.2) is 4.79 Å². The van der Waals surface area contributed by atoms with E-state index >= 15 is 0 Å². The molecule has 0 spiro atoms. The highest BCUT2D eigenvalue weighted by Crippen LogP contribution is 2.29. The van der Waals surface area contributed by atoms with Crippen LogP contribution in [0.15, 0.2) is 22.6 Å². The van der Waals surface area contributed by atoms with Gasteiger partial charge in [0.25, 0.3) is 11.6 Å². The van der Waals surface area contributed by atoms with Crippen molar-refractivity contribution >= 4 is 35.0 Å². The number of anilines is 1. The van der Waals surface area contributed by atoms with Crippen molar-refractivity contribution in [3.8, 4) is 6.07 Å². The van der Waals surface area contributed by atoms with Crippen molar-refractivity contribution in [1.29, 1.82) is 5.26 Å². The first kappa shape index (κ1) is 18.0. The molecule has 1 heterocycles. The van der Waals surface area contributed by atoms with Crippen LogP contribution in [0, 0.1) is 28.4 Å². The lowest BCUT2D eigenvalue weighted by atomic mass is 10.1. The molecule has 0 radical (unpaired) electrons. The highest BCUT2D eigenvalue weighted by atomic mass is 35.5. The Bertz CT molecular complexity index is 928. The van der Waals surface area contributed by atoms with Gasteiger partial charge in [0.05, 0.1) is 22.6 Å². The van der Waals surface area contributed by atoms with Crippen LogP contribution in [0.4, 0.5) is 11.6 Å². The lowest BCUT2D eigenvalue weighted by Crippen LogP contribution is -2.13. The second-order valence-electron chi connectivity index (χ2n) is 4.72. The number of nitriles is 1. The van der Waals surface area contributed by atoms with Crippen molar-refractivity contribution < 1.29 is 23.7 Å². The fourth-order valence-corrected chi connectivity index (χ4v) is 2.26. The molecule has 1 aromatic carbocycles. The summed E-state index contributed by atoms with van der Waals surface area (Å²) in [4.78, 5) is 34.2. The molecule has 0 unspecified atom stereocenters. The molecule has 9 nitrogen and oxygen atoms in total. The molecule has 0 aliphatic rings. The van der Waals surface area contributed by atoms with E-state index in [2.05, 4.69) is 10.1 Å². The van der Waals surface area contributed by atoms with Crippen LogP contribution in [0.1, 0.15) is 32.0 Å². The average Bonchev–Trinajstić information content (AvgIpc) is 2.89. The summed E-state index contributed by atoms with van der Waals surface area (Å²) in [6, 6.07) is 5.08. The van der Waals surface area contributed by atoms with Crippen molar-refractivity contribution in [2.45, 2.75) is 6.92 Å². The predicted molar refractivity (Wildman–Crippen MR) is 85.6 cm³/mol. The number of nitrogens with one attached hydrogen (secondary N) is 1. The van der Waals surface area contributed by atoms with Crippen LogP contribution in [0.2, 0.25) is 5.02 Å². The van der Waals surface area contributed by atoms with Crippen molar-refractivity contribution in [1.82, 2.24) is 0 Å². The fourth-order valence-electron chi connectivity index (χ4n) is 2.06. The van der Waals surface area contributed by atoms with Gasteiger partial charge in [-0.2, -0.15) is 5.26 Å². The molecule has 128 valence electrons. The lowest BCUT2D eigenvalue weighted by molar-refractivity contribution is -0.384. The number of nitrogens with zero attached hydrogens (tertiary/aromatic N) is 2. The van der Waals surface area contributed by atoms with Gasteiger partial charge < -0.3 is 9.15 Å². The number of non-ortho nitro benzene ring substituents is 1. The Balaban J connectivity index is 2.43. The van der Waals surface area contributed by atoms with E-state index in [0.717, 1.165) is 19.2 Å². The smallest absolute Gasteiger partial charge is 0.342 e. The molecule has 10 heteroatoms. The minimum atomic E-state index is -0.838. The Labute approximate surface area is 145 Å². The van der Waals surface area contributed by atoms with E-state index in [1.54, 1.807) is 6.07 Å². The molecule has 0 atom stereocenters. The van der Waals surface area contributed by atoms with Gasteiger partial charge in [-0.15, -0.1) is 0 Å². The van der Waals surface area contributed by atoms with E-state index in [1.807, 2.05) is 0 Å². The Morgan fingerprint density at radius 2 is 2.12 bits per heavy atom. The Morgan fingerprint density at radius 3 is 2.68 bits per heavy atom. The topological polar surface area (TPSA) is 135 Å². The third-order valence-corrected chi connectivity index (χ3v) is 3.55. The molecule has 0 fully saturated rings. The molecule has 1 amide bonds. The zero-order chi connectivity index (χ0) is 18.7. The minimum absolute atomic E-state index is 0.0296. The van der Waals surface area contributed by atoms with Gasteiger partial charge in [-0.3, -0.25) is 20.2 Å². The van der Waals surface area contributed by atoms with E-state index in [1.165, 1.54) is 13.0 Å². The average molecular weight is 364 g/mol. The molecule has 0 bridgehead atoms. The summed E-state index contributed by atoms with van der Waals surface area (Å²) in [6.45, 7) is 1.42. The molecule has 25 heavy (non-hydrogen) atoms. The largest absolute Gasteiger partial charge is 0.465 e. The zero-order valence-electron chi connectivity index (χ0n) is 13.0. The van der Waals surface area contributed by atoms with Gasteiger partial charge in [-0.05, 0) is 13.0 Å². The number of furan rings is 1. The van der Waals surface area contributed by atoms with Crippen LogP contribution in [0.3, 0.4) is 0 Å². The van der Waals surface area contributed by atoms with Gasteiger partial charge in [0.2, 0.25) is 5.88 Å². The molecule has 2 rings (SSSR count). The Hall–Kier alpha value is -3.38. The summed E-state index contributed by atoms with van der Waals surface area (Å²) in [5.74, 6) is -1.85. The summed E-state index contributed by atoms with van der Waals surface area (Å²) in [5, 5.41) is 22.3. The number of methoxy groups -OCH3 is 1. The maximum absolute atomic E-state index is 12.3. The molecule has 1 N–H and O–H groups in total. The number of hydrogen-bond acceptors (Lipinski definition) is 7. The third kappa shape index (κ3) is 3.44. The van der Waals surface area contributed by atoms with Crippen molar-refractivity contribution in [3.63, 3.8) is 0 Å². The van der Waals surface area contributed by atoms with Gasteiger partial charge in [0, 0.05) is 12.1 Å². The van der Waals surface area contributed by atoms with Crippen LogP contribution in [-0.2, 0) is 4.74 Å². The number of aryl methyl sites for hydroxylation is 1. The highest BCUT2D eigenvalue weighted by molar-refractivity contribution is 6.34. The van der Waals surface area contributed by atoms with Crippen LogP contribution in [-0.4, -0.2) is 23.9 Å². The number of benzene rings is 1. The minimum Gasteiger partial charge on any atom is -0.465 e. The molecule has 0 aliphatic carbocycles. The molecular weight excluding hydrogens is 354 g/mol. The summed E-state index contributed by atoms with van der Waals surface area (Å²) in [5.41, 5.74) is -0.862. The molecule has 2 aromatic rings. The summed E-state index contributed by atoms with van der Waals surface area (Å²) in [7, 11) is 1.14. The van der Waals surface area contributed by atoms with Crippen LogP contribution in [0.25, 0.3) is 0 Å². The number of hydrogen-bond donors (Lipinski definition) is 1. The molecule has 0 saturated heterocycles. The van der Waals surface area contributed by atoms with Gasteiger partial charge in [0.15, 0.2) is 0 Å². The van der Waals surface area contributed by atoms with Crippen LogP contribution in [0.5, 0.6) is 0 Å². The maximum atomic E-state index is 12.3. The summed E-state index contributed by atoms with van der Waals surface area (Å²) < 4.78 is 9.80.